The Kier molecular flexibility index (Phi) is 4.68. The number of carbonyl (C=O) groups is 1. The lowest BCUT2D eigenvalue weighted by atomic mass is 10.1. The Morgan fingerprint density at radius 1 is 1.43 bits per heavy atom. The molecule has 126 valence electrons. The van der Waals surface area contributed by atoms with E-state index in [9.17, 15) is 23.3 Å². The van der Waals surface area contributed by atoms with Crippen molar-refractivity contribution in [3.63, 3.8) is 0 Å². The van der Waals surface area contributed by atoms with Crippen molar-refractivity contribution in [1.29, 1.82) is 0 Å². The van der Waals surface area contributed by atoms with Gasteiger partial charge < -0.3 is 10.5 Å². The number of ether oxygens (including phenoxy) is 1. The summed E-state index contributed by atoms with van der Waals surface area (Å²) in [5, 5.41) is 11.0. The van der Waals surface area contributed by atoms with Crippen LogP contribution in [0.5, 0.6) is 0 Å². The van der Waals surface area contributed by atoms with Gasteiger partial charge in [0.15, 0.2) is 0 Å². The van der Waals surface area contributed by atoms with E-state index in [-0.39, 0.29) is 30.3 Å². The topological polar surface area (TPSA) is 133 Å². The monoisotopic (exact) mass is 343 g/mol. The highest BCUT2D eigenvalue weighted by molar-refractivity contribution is 7.89. The second kappa shape index (κ2) is 6.22. The predicted octanol–water partition coefficient (Wildman–Crippen LogP) is 0.0864. The third-order valence-electron chi connectivity index (χ3n) is 3.78. The molecule has 10 heteroatoms. The number of aryl methyl sites for hydroxylation is 1. The van der Waals surface area contributed by atoms with E-state index in [1.165, 1.54) is 6.07 Å². The normalized spacial score (nSPS) is 19.5. The molecule has 1 aromatic rings. The van der Waals surface area contributed by atoms with E-state index in [0.717, 1.165) is 10.4 Å². The van der Waals surface area contributed by atoms with Crippen LogP contribution in [0.15, 0.2) is 17.0 Å². The summed E-state index contributed by atoms with van der Waals surface area (Å²) in [6.45, 7) is 3.05. The molecule has 9 nitrogen and oxygen atoms in total. The van der Waals surface area contributed by atoms with E-state index in [1.807, 2.05) is 0 Å². The fourth-order valence-corrected chi connectivity index (χ4v) is 4.08. The highest BCUT2D eigenvalue weighted by Crippen LogP contribution is 2.28. The molecule has 1 fully saturated rings. The van der Waals surface area contributed by atoms with Crippen molar-refractivity contribution in [2.24, 2.45) is 5.73 Å². The molecule has 1 aliphatic rings. The average molecular weight is 343 g/mol. The molecule has 0 spiro atoms. The van der Waals surface area contributed by atoms with Crippen LogP contribution >= 0.6 is 0 Å². The number of amides is 1. The smallest absolute Gasteiger partial charge is 0.271 e. The Hall–Kier alpha value is -2.04. The van der Waals surface area contributed by atoms with E-state index < -0.39 is 27.0 Å². The fraction of sp³-hybridized carbons (Fsp3) is 0.462. The number of morpholine rings is 1. The summed E-state index contributed by atoms with van der Waals surface area (Å²) >= 11 is 0. The molecule has 1 aromatic carbocycles. The first-order chi connectivity index (χ1) is 10.6. The summed E-state index contributed by atoms with van der Waals surface area (Å²) in [5.41, 5.74) is 5.78. The molecule has 0 bridgehead atoms. The first-order valence-electron chi connectivity index (χ1n) is 6.81. The van der Waals surface area contributed by atoms with Crippen molar-refractivity contribution in [3.05, 3.63) is 33.4 Å². The third kappa shape index (κ3) is 3.33. The van der Waals surface area contributed by atoms with Crippen LogP contribution in [0.25, 0.3) is 0 Å². The lowest BCUT2D eigenvalue weighted by Gasteiger charge is -2.31. The highest BCUT2D eigenvalue weighted by atomic mass is 32.2. The number of hydrogen-bond donors (Lipinski definition) is 1. The Labute approximate surface area is 133 Å². The average Bonchev–Trinajstić information content (AvgIpc) is 2.49. The molecule has 23 heavy (non-hydrogen) atoms. The van der Waals surface area contributed by atoms with Gasteiger partial charge in [-0.15, -0.1) is 0 Å². The summed E-state index contributed by atoms with van der Waals surface area (Å²) < 4.78 is 31.8. The molecule has 1 amide bonds. The van der Waals surface area contributed by atoms with Crippen LogP contribution in [-0.2, 0) is 19.6 Å². The van der Waals surface area contributed by atoms with Crippen LogP contribution in [0.1, 0.15) is 11.1 Å². The zero-order valence-corrected chi connectivity index (χ0v) is 13.5. The quantitative estimate of drug-likeness (QED) is 0.608. The molecule has 2 rings (SSSR count). The van der Waals surface area contributed by atoms with E-state index in [2.05, 4.69) is 0 Å². The standard InChI is InChI=1S/C13H17N3O6S/c1-8-5-10(16(18)19)6-12(9(8)2)23(20,21)15-3-4-22-11(7-15)13(14)17/h5-6,11H,3-4,7H2,1-2H3,(H2,14,17). The summed E-state index contributed by atoms with van der Waals surface area (Å²) in [5.74, 6) is -0.753. The van der Waals surface area contributed by atoms with E-state index in [1.54, 1.807) is 13.8 Å². The predicted molar refractivity (Wildman–Crippen MR) is 80.3 cm³/mol. The lowest BCUT2D eigenvalue weighted by Crippen LogP contribution is -2.50. The Morgan fingerprint density at radius 3 is 2.65 bits per heavy atom. The van der Waals surface area contributed by atoms with Crippen molar-refractivity contribution >= 4 is 21.6 Å². The number of primary amides is 1. The van der Waals surface area contributed by atoms with Gasteiger partial charge in [-0.25, -0.2) is 8.42 Å². The molecule has 1 unspecified atom stereocenters. The Balaban J connectivity index is 2.47. The summed E-state index contributed by atoms with van der Waals surface area (Å²) in [7, 11) is -4.00. The third-order valence-corrected chi connectivity index (χ3v) is 5.77. The maximum Gasteiger partial charge on any atom is 0.271 e. The van der Waals surface area contributed by atoms with Gasteiger partial charge in [-0.2, -0.15) is 4.31 Å². The zero-order valence-electron chi connectivity index (χ0n) is 12.7. The van der Waals surface area contributed by atoms with E-state index >= 15 is 0 Å². The largest absolute Gasteiger partial charge is 0.367 e. The van der Waals surface area contributed by atoms with Crippen molar-refractivity contribution < 1.29 is 22.9 Å². The van der Waals surface area contributed by atoms with Crippen LogP contribution in [0.2, 0.25) is 0 Å². The number of nitrogens with two attached hydrogens (primary N) is 1. The SMILES string of the molecule is Cc1cc([N+](=O)[O-])cc(S(=O)(=O)N2CCOC(C(N)=O)C2)c1C. The molecule has 0 aliphatic carbocycles. The van der Waals surface area contributed by atoms with Gasteiger partial charge in [0.25, 0.3) is 5.69 Å². The van der Waals surface area contributed by atoms with Crippen molar-refractivity contribution in [3.8, 4) is 0 Å². The minimum Gasteiger partial charge on any atom is -0.367 e. The van der Waals surface area contributed by atoms with Crippen molar-refractivity contribution in [1.82, 2.24) is 4.31 Å². The van der Waals surface area contributed by atoms with Gasteiger partial charge in [0.2, 0.25) is 15.9 Å². The number of sulfonamides is 1. The van der Waals surface area contributed by atoms with Gasteiger partial charge in [0.1, 0.15) is 6.10 Å². The first-order valence-corrected chi connectivity index (χ1v) is 8.25. The number of hydrogen-bond acceptors (Lipinski definition) is 6. The second-order valence-electron chi connectivity index (χ2n) is 5.27. The molecule has 1 atom stereocenters. The number of nitro groups is 1. The maximum absolute atomic E-state index is 12.8. The number of rotatable bonds is 4. The van der Waals surface area contributed by atoms with Crippen LogP contribution in [0.3, 0.4) is 0 Å². The maximum atomic E-state index is 12.8. The molecule has 1 heterocycles. The second-order valence-corrected chi connectivity index (χ2v) is 7.17. The van der Waals surface area contributed by atoms with Crippen molar-refractivity contribution in [2.75, 3.05) is 19.7 Å². The minimum absolute atomic E-state index is 0.0276. The number of non-ortho nitro benzene ring substituents is 1. The Morgan fingerprint density at radius 2 is 2.09 bits per heavy atom. The van der Waals surface area contributed by atoms with Gasteiger partial charge in [0.05, 0.1) is 16.4 Å². The lowest BCUT2D eigenvalue weighted by molar-refractivity contribution is -0.385. The number of benzene rings is 1. The van der Waals surface area contributed by atoms with Gasteiger partial charge in [-0.3, -0.25) is 14.9 Å². The van der Waals surface area contributed by atoms with Gasteiger partial charge >= 0.3 is 0 Å². The van der Waals surface area contributed by atoms with Crippen LogP contribution < -0.4 is 5.73 Å². The van der Waals surface area contributed by atoms with Crippen molar-refractivity contribution in [2.45, 2.75) is 24.8 Å². The van der Waals surface area contributed by atoms with Crippen LogP contribution in [-0.4, -0.2) is 49.4 Å². The molecule has 0 saturated carbocycles. The minimum atomic E-state index is -4.00. The first kappa shape index (κ1) is 17.3. The summed E-state index contributed by atoms with van der Waals surface area (Å²) in [4.78, 5) is 21.4. The number of nitrogens with zero attached hydrogens (tertiary/aromatic N) is 2. The molecule has 0 radical (unpaired) electrons. The van der Waals surface area contributed by atoms with Gasteiger partial charge in [-0.05, 0) is 25.0 Å². The molecule has 2 N–H and O–H groups in total. The Bertz CT molecular complexity index is 761. The van der Waals surface area contributed by atoms with Crippen LogP contribution in [0.4, 0.5) is 5.69 Å². The molecular weight excluding hydrogens is 326 g/mol. The summed E-state index contributed by atoms with van der Waals surface area (Å²) in [6.07, 6.45) is -1.03. The van der Waals surface area contributed by atoms with Gasteiger partial charge in [-0.1, -0.05) is 0 Å². The zero-order chi connectivity index (χ0) is 17.4. The molecule has 1 aliphatic heterocycles. The fourth-order valence-electron chi connectivity index (χ4n) is 2.34. The number of carbonyl (C=O) groups excluding carboxylic acids is 1. The van der Waals surface area contributed by atoms with Crippen LogP contribution in [0, 0.1) is 24.0 Å². The molecular formula is C13H17N3O6S. The highest BCUT2D eigenvalue weighted by Gasteiger charge is 2.35. The van der Waals surface area contributed by atoms with E-state index in [4.69, 9.17) is 10.5 Å². The molecule has 0 aromatic heterocycles. The number of nitro benzene ring substituents is 1. The van der Waals surface area contributed by atoms with E-state index in [0.29, 0.717) is 11.1 Å². The van der Waals surface area contributed by atoms with Gasteiger partial charge in [0, 0.05) is 25.2 Å². The summed E-state index contributed by atoms with van der Waals surface area (Å²) in [6, 6.07) is 2.35. The molecule has 1 saturated heterocycles.